The molecule has 0 saturated heterocycles. The molecular weight excluding hydrogens is 229 g/mol. The van der Waals surface area contributed by atoms with Gasteiger partial charge in [0.2, 0.25) is 0 Å². The van der Waals surface area contributed by atoms with Gasteiger partial charge in [-0.25, -0.2) is 4.39 Å². The largest absolute Gasteiger partial charge is 0.496 e. The van der Waals surface area contributed by atoms with E-state index in [0.29, 0.717) is 23.9 Å². The topological polar surface area (TPSA) is 21.3 Å². The van der Waals surface area contributed by atoms with Gasteiger partial charge in [0.05, 0.1) is 7.11 Å². The molecule has 2 nitrogen and oxygen atoms in total. The predicted octanol–water partition coefficient (Wildman–Crippen LogP) is 3.65. The molecule has 0 bridgehead atoms. The summed E-state index contributed by atoms with van der Waals surface area (Å²) >= 11 is 0. The highest BCUT2D eigenvalue weighted by Crippen LogP contribution is 2.22. The number of nitrogens with one attached hydrogen (secondary N) is 1. The molecule has 18 heavy (non-hydrogen) atoms. The van der Waals surface area contributed by atoms with Gasteiger partial charge in [-0.05, 0) is 25.0 Å². The molecule has 0 unspecified atom stereocenters. The first-order valence-electron chi connectivity index (χ1n) is 6.86. The first-order chi connectivity index (χ1) is 8.81. The van der Waals surface area contributed by atoms with Gasteiger partial charge in [0.15, 0.2) is 0 Å². The van der Waals surface area contributed by atoms with Gasteiger partial charge in [0, 0.05) is 18.2 Å². The van der Waals surface area contributed by atoms with Gasteiger partial charge in [0.1, 0.15) is 11.6 Å². The predicted molar refractivity (Wildman–Crippen MR) is 71.3 cm³/mol. The summed E-state index contributed by atoms with van der Waals surface area (Å²) in [5.74, 6) is 0.451. The Morgan fingerprint density at radius 1 is 1.22 bits per heavy atom. The van der Waals surface area contributed by atoms with Crippen molar-refractivity contribution >= 4 is 0 Å². The summed E-state index contributed by atoms with van der Waals surface area (Å²) in [5, 5.41) is 3.47. The van der Waals surface area contributed by atoms with E-state index in [0.717, 1.165) is 0 Å². The molecule has 1 aromatic carbocycles. The number of benzene rings is 1. The van der Waals surface area contributed by atoms with Crippen LogP contribution >= 0.6 is 0 Å². The fraction of sp³-hybridized carbons (Fsp3) is 0.600. The minimum Gasteiger partial charge on any atom is -0.496 e. The van der Waals surface area contributed by atoms with E-state index in [2.05, 4.69) is 5.32 Å². The summed E-state index contributed by atoms with van der Waals surface area (Å²) in [6, 6.07) is 5.51. The lowest BCUT2D eigenvalue weighted by molar-refractivity contribution is 0.394. The van der Waals surface area contributed by atoms with E-state index < -0.39 is 0 Å². The average Bonchev–Trinajstić information content (AvgIpc) is 2.65. The Hall–Kier alpha value is -1.09. The number of hydrogen-bond donors (Lipinski definition) is 1. The Labute approximate surface area is 109 Å². The van der Waals surface area contributed by atoms with Crippen molar-refractivity contribution in [1.29, 1.82) is 0 Å². The van der Waals surface area contributed by atoms with Gasteiger partial charge in [-0.3, -0.25) is 0 Å². The molecule has 0 radical (unpaired) electrons. The van der Waals surface area contributed by atoms with Crippen LogP contribution in [0, 0.1) is 5.82 Å². The Morgan fingerprint density at radius 2 is 1.94 bits per heavy atom. The van der Waals surface area contributed by atoms with Crippen molar-refractivity contribution < 1.29 is 9.13 Å². The Balaban J connectivity index is 1.96. The molecule has 0 aromatic heterocycles. The lowest BCUT2D eigenvalue weighted by Gasteiger charge is -2.17. The second-order valence-electron chi connectivity index (χ2n) is 4.99. The number of hydrogen-bond acceptors (Lipinski definition) is 2. The fourth-order valence-electron chi connectivity index (χ4n) is 2.63. The molecule has 0 heterocycles. The Morgan fingerprint density at radius 3 is 2.61 bits per heavy atom. The molecule has 1 saturated carbocycles. The fourth-order valence-corrected chi connectivity index (χ4v) is 2.63. The monoisotopic (exact) mass is 251 g/mol. The van der Waals surface area contributed by atoms with Crippen molar-refractivity contribution in [3.63, 3.8) is 0 Å². The third kappa shape index (κ3) is 3.45. The first kappa shape index (κ1) is 13.3. The molecule has 0 amide bonds. The van der Waals surface area contributed by atoms with E-state index >= 15 is 0 Å². The zero-order chi connectivity index (χ0) is 12.8. The second-order valence-corrected chi connectivity index (χ2v) is 4.99. The molecule has 100 valence electrons. The Bertz CT molecular complexity index is 373. The van der Waals surface area contributed by atoms with Crippen molar-refractivity contribution in [3.8, 4) is 5.75 Å². The zero-order valence-corrected chi connectivity index (χ0v) is 11.0. The quantitative estimate of drug-likeness (QED) is 0.825. The van der Waals surface area contributed by atoms with E-state index in [-0.39, 0.29) is 5.82 Å². The standard InChI is InChI=1S/C15H22FNO/c1-18-15-10-6-9-14(16)13(15)11-17-12-7-4-2-3-5-8-12/h6,9-10,12,17H,2-5,7-8,11H2,1H3. The van der Waals surface area contributed by atoms with Crippen molar-refractivity contribution in [3.05, 3.63) is 29.6 Å². The highest BCUT2D eigenvalue weighted by atomic mass is 19.1. The summed E-state index contributed by atoms with van der Waals surface area (Å²) in [4.78, 5) is 0. The molecule has 1 N–H and O–H groups in total. The molecule has 1 aliphatic rings. The molecule has 1 aliphatic carbocycles. The molecule has 3 heteroatoms. The van der Waals surface area contributed by atoms with Gasteiger partial charge in [0.25, 0.3) is 0 Å². The normalized spacial score (nSPS) is 17.4. The SMILES string of the molecule is COc1cccc(F)c1CNC1CCCCCC1. The first-order valence-corrected chi connectivity index (χ1v) is 6.86. The maximum Gasteiger partial charge on any atom is 0.131 e. The van der Waals surface area contributed by atoms with Gasteiger partial charge >= 0.3 is 0 Å². The summed E-state index contributed by atoms with van der Waals surface area (Å²) in [7, 11) is 1.59. The van der Waals surface area contributed by atoms with Gasteiger partial charge < -0.3 is 10.1 Å². The number of rotatable bonds is 4. The van der Waals surface area contributed by atoms with Gasteiger partial charge in [-0.2, -0.15) is 0 Å². The summed E-state index contributed by atoms with van der Waals surface area (Å²) < 4.78 is 19.0. The van der Waals surface area contributed by atoms with Crippen LogP contribution in [0.5, 0.6) is 5.75 Å². The van der Waals surface area contributed by atoms with Crippen molar-refractivity contribution in [2.45, 2.75) is 51.1 Å². The molecule has 1 fully saturated rings. The van der Waals surface area contributed by atoms with Gasteiger partial charge in [-0.15, -0.1) is 0 Å². The van der Waals surface area contributed by atoms with Crippen molar-refractivity contribution in [2.24, 2.45) is 0 Å². The van der Waals surface area contributed by atoms with Crippen LogP contribution in [0.3, 0.4) is 0 Å². The smallest absolute Gasteiger partial charge is 0.131 e. The molecule has 0 spiro atoms. The lowest BCUT2D eigenvalue weighted by Crippen LogP contribution is -2.28. The second kappa shape index (κ2) is 6.74. The molecule has 1 aromatic rings. The van der Waals surface area contributed by atoms with E-state index in [1.54, 1.807) is 13.2 Å². The number of methoxy groups -OCH3 is 1. The van der Waals surface area contributed by atoms with Crippen LogP contribution < -0.4 is 10.1 Å². The molecule has 0 aliphatic heterocycles. The van der Waals surface area contributed by atoms with Crippen LogP contribution in [0.25, 0.3) is 0 Å². The van der Waals surface area contributed by atoms with Crippen LogP contribution in [0.4, 0.5) is 4.39 Å². The van der Waals surface area contributed by atoms with E-state index in [1.165, 1.54) is 44.6 Å². The van der Waals surface area contributed by atoms with Crippen LogP contribution in [0.15, 0.2) is 18.2 Å². The maximum absolute atomic E-state index is 13.8. The van der Waals surface area contributed by atoms with E-state index in [1.807, 2.05) is 6.07 Å². The average molecular weight is 251 g/mol. The summed E-state index contributed by atoms with van der Waals surface area (Å²) in [6.45, 7) is 0.556. The highest BCUT2D eigenvalue weighted by molar-refractivity contribution is 5.34. The molecular formula is C15H22FNO. The highest BCUT2D eigenvalue weighted by Gasteiger charge is 2.14. The molecule has 0 atom stereocenters. The van der Waals surface area contributed by atoms with Crippen molar-refractivity contribution in [1.82, 2.24) is 5.32 Å². The summed E-state index contributed by atoms with van der Waals surface area (Å²) in [6.07, 6.45) is 7.65. The van der Waals surface area contributed by atoms with Crippen LogP contribution in [0.1, 0.15) is 44.1 Å². The van der Waals surface area contributed by atoms with E-state index in [4.69, 9.17) is 4.74 Å². The van der Waals surface area contributed by atoms with E-state index in [9.17, 15) is 4.39 Å². The van der Waals surface area contributed by atoms with Crippen LogP contribution in [0.2, 0.25) is 0 Å². The third-order valence-electron chi connectivity index (χ3n) is 3.72. The van der Waals surface area contributed by atoms with Crippen molar-refractivity contribution in [2.75, 3.05) is 7.11 Å². The van der Waals surface area contributed by atoms with Gasteiger partial charge in [-0.1, -0.05) is 31.7 Å². The Kier molecular flexibility index (Phi) is 5.00. The molecule has 2 rings (SSSR count). The lowest BCUT2D eigenvalue weighted by atomic mass is 10.1. The maximum atomic E-state index is 13.8. The zero-order valence-electron chi connectivity index (χ0n) is 11.0. The number of halogens is 1. The minimum absolute atomic E-state index is 0.185. The van der Waals surface area contributed by atoms with Crippen LogP contribution in [-0.2, 0) is 6.54 Å². The van der Waals surface area contributed by atoms with Crippen LogP contribution in [-0.4, -0.2) is 13.2 Å². The third-order valence-corrected chi connectivity index (χ3v) is 3.72. The minimum atomic E-state index is -0.185. The summed E-state index contributed by atoms with van der Waals surface area (Å²) in [5.41, 5.74) is 0.643. The number of ether oxygens (including phenoxy) is 1.